The number of amides is 1. The van der Waals surface area contributed by atoms with Crippen molar-refractivity contribution in [2.45, 2.75) is 11.8 Å². The van der Waals surface area contributed by atoms with Gasteiger partial charge in [0, 0.05) is 62.6 Å². The molecular weight excluding hydrogens is 375 g/mol. The predicted octanol–water partition coefficient (Wildman–Crippen LogP) is 3.58. The number of benzene rings is 2. The molecule has 0 bridgehead atoms. The van der Waals surface area contributed by atoms with Gasteiger partial charge in [0.05, 0.1) is 5.92 Å². The Hall–Kier alpha value is -0.896. The second-order valence-corrected chi connectivity index (χ2v) is 5.99. The van der Waals surface area contributed by atoms with E-state index in [0.717, 1.165) is 16.9 Å². The van der Waals surface area contributed by atoms with Crippen LogP contribution in [0.15, 0.2) is 36.4 Å². The second kappa shape index (κ2) is 5.95. The molecule has 0 spiro atoms. The van der Waals surface area contributed by atoms with Gasteiger partial charge in [-0.05, 0) is 24.1 Å². The summed E-state index contributed by atoms with van der Waals surface area (Å²) in [6, 6.07) is 14.2. The summed E-state index contributed by atoms with van der Waals surface area (Å²) in [4.78, 5) is 14.4. The number of halogens is 1. The maximum atomic E-state index is 12.6. The summed E-state index contributed by atoms with van der Waals surface area (Å²) < 4.78 is 6.03. The standard InChI is InChI=1S/C17H13ClNO2.Y/c1-19-9-13-11-4-2-3-5-14(11)21-15-7-6-10(18)8-12(15)16(13)17(19)20;/h3-8,13,16H,9H2,1H3;/q-1;/t13-,16-;/m1./s1. The van der Waals surface area contributed by atoms with Crippen LogP contribution < -0.4 is 4.74 Å². The molecule has 109 valence electrons. The molecule has 0 saturated carbocycles. The predicted molar refractivity (Wildman–Crippen MR) is 79.9 cm³/mol. The molecular formula is C17H13ClNO2Y-. The van der Waals surface area contributed by atoms with Crippen molar-refractivity contribution in [3.8, 4) is 11.5 Å². The molecule has 1 saturated heterocycles. The van der Waals surface area contributed by atoms with E-state index >= 15 is 0 Å². The molecule has 0 N–H and O–H groups in total. The molecule has 1 amide bonds. The van der Waals surface area contributed by atoms with Crippen LogP contribution in [-0.4, -0.2) is 24.4 Å². The van der Waals surface area contributed by atoms with E-state index in [-0.39, 0.29) is 50.5 Å². The number of fused-ring (bicyclic) bond motifs is 5. The van der Waals surface area contributed by atoms with Gasteiger partial charge in [0.25, 0.3) is 0 Å². The number of likely N-dealkylation sites (tertiary alicyclic amines) is 1. The van der Waals surface area contributed by atoms with Crippen molar-refractivity contribution in [3.05, 3.63) is 58.6 Å². The largest absolute Gasteiger partial charge is 0.482 e. The maximum Gasteiger partial charge on any atom is 0.229 e. The van der Waals surface area contributed by atoms with E-state index in [2.05, 4.69) is 6.07 Å². The molecule has 4 rings (SSSR count). The number of hydrogen-bond acceptors (Lipinski definition) is 2. The Morgan fingerprint density at radius 2 is 2.05 bits per heavy atom. The zero-order chi connectivity index (χ0) is 14.6. The van der Waals surface area contributed by atoms with Gasteiger partial charge in [-0.25, -0.2) is 0 Å². The van der Waals surface area contributed by atoms with Crippen LogP contribution in [0.4, 0.5) is 0 Å². The summed E-state index contributed by atoms with van der Waals surface area (Å²) in [5, 5.41) is 0.621. The molecule has 3 nitrogen and oxygen atoms in total. The van der Waals surface area contributed by atoms with Gasteiger partial charge in [0.1, 0.15) is 5.75 Å². The quantitative estimate of drug-likeness (QED) is 0.647. The van der Waals surface area contributed by atoms with Crippen LogP contribution >= 0.6 is 11.6 Å². The monoisotopic (exact) mass is 387 g/mol. The third-order valence-corrected chi connectivity index (χ3v) is 4.53. The van der Waals surface area contributed by atoms with E-state index in [1.54, 1.807) is 11.0 Å². The summed E-state index contributed by atoms with van der Waals surface area (Å²) in [6.45, 7) is 0.684. The van der Waals surface area contributed by atoms with Crippen molar-refractivity contribution >= 4 is 17.5 Å². The van der Waals surface area contributed by atoms with Crippen LogP contribution in [0.1, 0.15) is 23.0 Å². The summed E-state index contributed by atoms with van der Waals surface area (Å²) in [7, 11) is 1.84. The Bertz CT molecular complexity index is 749. The molecule has 2 atom stereocenters. The van der Waals surface area contributed by atoms with Crippen LogP contribution in [0.3, 0.4) is 0 Å². The molecule has 0 aliphatic carbocycles. The molecule has 1 radical (unpaired) electrons. The van der Waals surface area contributed by atoms with E-state index < -0.39 is 0 Å². The number of carbonyl (C=O) groups excluding carboxylic acids is 1. The molecule has 22 heavy (non-hydrogen) atoms. The minimum atomic E-state index is -0.235. The molecule has 2 heterocycles. The number of ether oxygens (including phenoxy) is 1. The first-order chi connectivity index (χ1) is 10.1. The van der Waals surface area contributed by atoms with E-state index in [0.29, 0.717) is 17.3 Å². The maximum absolute atomic E-state index is 12.6. The van der Waals surface area contributed by atoms with Gasteiger partial charge in [-0.15, -0.1) is 11.6 Å². The van der Waals surface area contributed by atoms with Crippen LogP contribution in [0.2, 0.25) is 5.02 Å². The van der Waals surface area contributed by atoms with Gasteiger partial charge >= 0.3 is 0 Å². The Morgan fingerprint density at radius 1 is 1.27 bits per heavy atom. The van der Waals surface area contributed by atoms with Crippen molar-refractivity contribution < 1.29 is 42.2 Å². The summed E-state index contributed by atoms with van der Waals surface area (Å²) in [5.74, 6) is 1.47. The van der Waals surface area contributed by atoms with Crippen molar-refractivity contribution in [2.75, 3.05) is 13.6 Å². The Kier molecular flexibility index (Phi) is 4.32. The number of likely N-dealkylation sites (N-methyl/N-ethyl adjacent to an activating group) is 1. The van der Waals surface area contributed by atoms with Crippen LogP contribution in [0.5, 0.6) is 11.5 Å². The second-order valence-electron chi connectivity index (χ2n) is 5.55. The van der Waals surface area contributed by atoms with E-state index in [1.807, 2.05) is 37.4 Å². The average molecular weight is 388 g/mol. The van der Waals surface area contributed by atoms with E-state index in [9.17, 15) is 4.79 Å². The van der Waals surface area contributed by atoms with Gasteiger partial charge in [-0.3, -0.25) is 4.79 Å². The fourth-order valence-corrected chi connectivity index (χ4v) is 3.49. The third-order valence-electron chi connectivity index (χ3n) is 4.30. The SMILES string of the molecule is CN1C[C@@H]2c3c[c-]ccc3Oc3ccc(Cl)cc3[C@H]2C1=O.[Y]. The van der Waals surface area contributed by atoms with Crippen molar-refractivity contribution in [1.29, 1.82) is 0 Å². The molecule has 5 heteroatoms. The first kappa shape index (κ1) is 16.0. The first-order valence-corrected chi connectivity index (χ1v) is 7.25. The molecule has 0 aromatic heterocycles. The number of hydrogen-bond donors (Lipinski definition) is 0. The van der Waals surface area contributed by atoms with Crippen molar-refractivity contribution in [1.82, 2.24) is 4.90 Å². The van der Waals surface area contributed by atoms with Crippen LogP contribution in [-0.2, 0) is 37.5 Å². The minimum Gasteiger partial charge on any atom is -0.482 e. The van der Waals surface area contributed by atoms with Gasteiger partial charge in [-0.1, -0.05) is 11.6 Å². The van der Waals surface area contributed by atoms with Crippen LogP contribution in [0.25, 0.3) is 0 Å². The summed E-state index contributed by atoms with van der Waals surface area (Å²) >= 11 is 6.13. The average Bonchev–Trinajstić information content (AvgIpc) is 2.70. The van der Waals surface area contributed by atoms with Crippen molar-refractivity contribution in [2.24, 2.45) is 0 Å². The number of nitrogens with zero attached hydrogens (tertiary/aromatic N) is 1. The van der Waals surface area contributed by atoms with Crippen LogP contribution in [0, 0.1) is 6.07 Å². The Morgan fingerprint density at radius 3 is 2.86 bits per heavy atom. The van der Waals surface area contributed by atoms with Crippen molar-refractivity contribution in [3.63, 3.8) is 0 Å². The van der Waals surface area contributed by atoms with E-state index in [1.165, 1.54) is 0 Å². The fraction of sp³-hybridized carbons (Fsp3) is 0.235. The fourth-order valence-electron chi connectivity index (χ4n) is 3.31. The van der Waals surface area contributed by atoms with Gasteiger partial charge in [0.2, 0.25) is 5.91 Å². The third kappa shape index (κ3) is 2.40. The van der Waals surface area contributed by atoms with Gasteiger partial charge in [0.15, 0.2) is 0 Å². The molecule has 2 aromatic rings. The molecule has 2 aliphatic rings. The normalized spacial score (nSPS) is 21.9. The Balaban J connectivity index is 0.00000144. The zero-order valence-corrected chi connectivity index (χ0v) is 15.6. The van der Waals surface area contributed by atoms with Gasteiger partial charge < -0.3 is 9.64 Å². The smallest absolute Gasteiger partial charge is 0.229 e. The van der Waals surface area contributed by atoms with Gasteiger partial charge in [-0.2, -0.15) is 18.2 Å². The molecule has 2 aromatic carbocycles. The minimum absolute atomic E-state index is 0. The molecule has 0 unspecified atom stereocenters. The van der Waals surface area contributed by atoms with E-state index in [4.69, 9.17) is 16.3 Å². The zero-order valence-electron chi connectivity index (χ0n) is 12.0. The number of rotatable bonds is 0. The first-order valence-electron chi connectivity index (χ1n) is 6.87. The molecule has 2 aliphatic heterocycles. The summed E-state index contributed by atoms with van der Waals surface area (Å²) in [5.41, 5.74) is 1.91. The summed E-state index contributed by atoms with van der Waals surface area (Å²) in [6.07, 6.45) is 0. The Labute approximate surface area is 159 Å². The molecule has 1 fully saturated rings. The topological polar surface area (TPSA) is 29.5 Å². The number of carbonyl (C=O) groups is 1.